The van der Waals surface area contributed by atoms with Crippen molar-refractivity contribution < 1.29 is 9.53 Å². The van der Waals surface area contributed by atoms with Crippen LogP contribution in [0.3, 0.4) is 0 Å². The first-order chi connectivity index (χ1) is 6.40. The van der Waals surface area contributed by atoms with Crippen molar-refractivity contribution in [2.24, 2.45) is 11.8 Å². The molecule has 0 bridgehead atoms. The zero-order valence-electron chi connectivity index (χ0n) is 9.96. The maximum absolute atomic E-state index is 11.3. The Labute approximate surface area is 87.3 Å². The van der Waals surface area contributed by atoms with Crippen LogP contribution in [0.15, 0.2) is 12.2 Å². The minimum Gasteiger partial charge on any atom is -0.459 e. The molecule has 0 fully saturated rings. The summed E-state index contributed by atoms with van der Waals surface area (Å²) in [5.41, 5.74) is 0.472. The van der Waals surface area contributed by atoms with Crippen LogP contribution in [-0.2, 0) is 9.53 Å². The van der Waals surface area contributed by atoms with Gasteiger partial charge in [-0.15, -0.1) is 0 Å². The molecule has 0 heterocycles. The van der Waals surface area contributed by atoms with Crippen molar-refractivity contribution in [2.75, 3.05) is 0 Å². The zero-order chi connectivity index (χ0) is 11.3. The van der Waals surface area contributed by atoms with Gasteiger partial charge >= 0.3 is 5.97 Å². The van der Waals surface area contributed by atoms with E-state index in [-0.39, 0.29) is 12.1 Å². The lowest BCUT2D eigenvalue weighted by Crippen LogP contribution is -2.28. The first-order valence-electron chi connectivity index (χ1n) is 5.26. The van der Waals surface area contributed by atoms with Crippen LogP contribution in [0.25, 0.3) is 0 Å². The van der Waals surface area contributed by atoms with Gasteiger partial charge in [-0.2, -0.15) is 0 Å². The predicted octanol–water partition coefficient (Wildman–Crippen LogP) is 3.18. The van der Waals surface area contributed by atoms with E-state index in [1.807, 2.05) is 6.92 Å². The van der Waals surface area contributed by atoms with Gasteiger partial charge in [0.05, 0.1) is 0 Å². The van der Waals surface area contributed by atoms with Crippen LogP contribution < -0.4 is 0 Å². The van der Waals surface area contributed by atoms with Gasteiger partial charge in [-0.1, -0.05) is 34.3 Å². The molecule has 0 radical (unpaired) electrons. The van der Waals surface area contributed by atoms with E-state index in [4.69, 9.17) is 4.74 Å². The highest BCUT2D eigenvalue weighted by Gasteiger charge is 2.22. The first kappa shape index (κ1) is 13.2. The molecular formula is C12H22O2. The minimum atomic E-state index is -0.274. The van der Waals surface area contributed by atoms with Crippen LogP contribution in [0, 0.1) is 11.8 Å². The Bertz CT molecular complexity index is 206. The molecule has 0 aliphatic heterocycles. The molecule has 0 aromatic heterocycles. The van der Waals surface area contributed by atoms with E-state index in [0.29, 0.717) is 17.4 Å². The van der Waals surface area contributed by atoms with Gasteiger partial charge in [-0.05, 0) is 25.2 Å². The fraction of sp³-hybridized carbons (Fsp3) is 0.750. The highest BCUT2D eigenvalue weighted by molar-refractivity contribution is 5.87. The van der Waals surface area contributed by atoms with Crippen LogP contribution in [0.2, 0.25) is 0 Å². The Morgan fingerprint density at radius 3 is 2.14 bits per heavy atom. The van der Waals surface area contributed by atoms with Crippen molar-refractivity contribution in [1.82, 2.24) is 0 Å². The summed E-state index contributed by atoms with van der Waals surface area (Å²) in [6.07, 6.45) is 0.873. The molecule has 2 nitrogen and oxygen atoms in total. The Morgan fingerprint density at radius 2 is 1.86 bits per heavy atom. The second-order valence-corrected chi connectivity index (χ2v) is 4.24. The molecule has 82 valence electrons. The summed E-state index contributed by atoms with van der Waals surface area (Å²) >= 11 is 0. The largest absolute Gasteiger partial charge is 0.459 e. The molecule has 0 saturated carbocycles. The van der Waals surface area contributed by atoms with Gasteiger partial charge in [0.15, 0.2) is 0 Å². The maximum atomic E-state index is 11.3. The quantitative estimate of drug-likeness (QED) is 0.501. The molecule has 0 rings (SSSR count). The molecule has 0 aromatic carbocycles. The van der Waals surface area contributed by atoms with E-state index in [1.165, 1.54) is 0 Å². The van der Waals surface area contributed by atoms with E-state index in [9.17, 15) is 4.79 Å². The molecule has 0 N–H and O–H groups in total. The van der Waals surface area contributed by atoms with Crippen molar-refractivity contribution in [3.8, 4) is 0 Å². The number of rotatable bonds is 5. The number of hydrogen-bond acceptors (Lipinski definition) is 2. The summed E-state index contributed by atoms with van der Waals surface area (Å²) in [5, 5.41) is 0. The second-order valence-electron chi connectivity index (χ2n) is 4.24. The van der Waals surface area contributed by atoms with Crippen LogP contribution >= 0.6 is 0 Å². The normalized spacial score (nSPS) is 15.0. The average molecular weight is 198 g/mol. The van der Waals surface area contributed by atoms with Crippen LogP contribution in [0.1, 0.15) is 41.0 Å². The van der Waals surface area contributed by atoms with E-state index < -0.39 is 0 Å². The number of ether oxygens (including phenoxy) is 1. The van der Waals surface area contributed by atoms with Crippen LogP contribution in [0.4, 0.5) is 0 Å². The Morgan fingerprint density at radius 1 is 1.36 bits per heavy atom. The van der Waals surface area contributed by atoms with E-state index in [0.717, 1.165) is 6.42 Å². The minimum absolute atomic E-state index is 0.0131. The predicted molar refractivity (Wildman–Crippen MR) is 59.0 cm³/mol. The van der Waals surface area contributed by atoms with Gasteiger partial charge in [0.1, 0.15) is 6.10 Å². The summed E-state index contributed by atoms with van der Waals surface area (Å²) in [6, 6.07) is 0. The maximum Gasteiger partial charge on any atom is 0.333 e. The lowest BCUT2D eigenvalue weighted by atomic mass is 9.91. The molecule has 0 aliphatic rings. The van der Waals surface area contributed by atoms with E-state index in [2.05, 4.69) is 27.4 Å². The molecule has 2 unspecified atom stereocenters. The fourth-order valence-electron chi connectivity index (χ4n) is 1.23. The molecule has 2 heteroatoms. The second kappa shape index (κ2) is 5.84. The number of carbonyl (C=O) groups is 1. The van der Waals surface area contributed by atoms with Crippen LogP contribution in [-0.4, -0.2) is 12.1 Å². The first-order valence-corrected chi connectivity index (χ1v) is 5.26. The third-order valence-corrected chi connectivity index (χ3v) is 2.65. The van der Waals surface area contributed by atoms with Crippen molar-refractivity contribution in [3.05, 3.63) is 12.2 Å². The smallest absolute Gasteiger partial charge is 0.333 e. The Hall–Kier alpha value is -0.790. The van der Waals surface area contributed by atoms with Gasteiger partial charge in [-0.3, -0.25) is 0 Å². The molecule has 0 spiro atoms. The summed E-state index contributed by atoms with van der Waals surface area (Å²) in [4.78, 5) is 11.3. The third kappa shape index (κ3) is 3.95. The molecule has 0 amide bonds. The third-order valence-electron chi connectivity index (χ3n) is 2.65. The molecule has 0 saturated heterocycles. The Balaban J connectivity index is 4.29. The van der Waals surface area contributed by atoms with Gasteiger partial charge in [0, 0.05) is 5.57 Å². The number of esters is 1. The SMILES string of the molecule is C=C(C)C(=O)OC(CC)C(C)C(C)C. The number of carbonyl (C=O) groups excluding carboxylic acids is 1. The van der Waals surface area contributed by atoms with E-state index in [1.54, 1.807) is 6.92 Å². The van der Waals surface area contributed by atoms with Crippen molar-refractivity contribution in [1.29, 1.82) is 0 Å². The molecular weight excluding hydrogens is 176 g/mol. The average Bonchev–Trinajstić information content (AvgIpc) is 2.12. The topological polar surface area (TPSA) is 26.3 Å². The van der Waals surface area contributed by atoms with Gasteiger partial charge < -0.3 is 4.74 Å². The molecule has 0 aliphatic carbocycles. The fourth-order valence-corrected chi connectivity index (χ4v) is 1.23. The summed E-state index contributed by atoms with van der Waals surface area (Å²) in [6.45, 7) is 13.7. The van der Waals surface area contributed by atoms with Crippen molar-refractivity contribution >= 4 is 5.97 Å². The van der Waals surface area contributed by atoms with Crippen molar-refractivity contribution in [2.45, 2.75) is 47.1 Å². The number of hydrogen-bond donors (Lipinski definition) is 0. The zero-order valence-corrected chi connectivity index (χ0v) is 9.96. The standard InChI is InChI=1S/C12H22O2/c1-7-11(10(6)8(2)3)14-12(13)9(4)5/h8,10-11H,4,7H2,1-3,5-6H3. The summed E-state index contributed by atoms with van der Waals surface area (Å²) in [5.74, 6) is 0.644. The lowest BCUT2D eigenvalue weighted by Gasteiger charge is -2.25. The Kier molecular flexibility index (Phi) is 5.51. The molecule has 14 heavy (non-hydrogen) atoms. The summed E-state index contributed by atoms with van der Waals surface area (Å²) in [7, 11) is 0. The van der Waals surface area contributed by atoms with Gasteiger partial charge in [0.25, 0.3) is 0 Å². The lowest BCUT2D eigenvalue weighted by molar-refractivity contribution is -0.147. The summed E-state index contributed by atoms with van der Waals surface area (Å²) < 4.78 is 5.35. The highest BCUT2D eigenvalue weighted by Crippen LogP contribution is 2.20. The van der Waals surface area contributed by atoms with Crippen molar-refractivity contribution in [3.63, 3.8) is 0 Å². The van der Waals surface area contributed by atoms with E-state index >= 15 is 0 Å². The molecule has 2 atom stereocenters. The van der Waals surface area contributed by atoms with Crippen LogP contribution in [0.5, 0.6) is 0 Å². The van der Waals surface area contributed by atoms with Gasteiger partial charge in [-0.25, -0.2) is 4.79 Å². The molecule has 0 aromatic rings. The monoisotopic (exact) mass is 198 g/mol. The highest BCUT2D eigenvalue weighted by atomic mass is 16.5. The van der Waals surface area contributed by atoms with Gasteiger partial charge in [0.2, 0.25) is 0 Å².